The van der Waals surface area contributed by atoms with Crippen LogP contribution in [0.5, 0.6) is 5.75 Å². The Balaban J connectivity index is 2.11. The van der Waals surface area contributed by atoms with Crippen molar-refractivity contribution in [2.45, 2.75) is 26.2 Å². The van der Waals surface area contributed by atoms with Crippen molar-refractivity contribution in [1.82, 2.24) is 4.98 Å². The van der Waals surface area contributed by atoms with E-state index in [0.29, 0.717) is 0 Å². The molecular weight excluding hydrogens is 222 g/mol. The normalized spacial score (nSPS) is 10.3. The Morgan fingerprint density at radius 2 is 1.94 bits per heavy atom. The molecule has 0 atom stereocenters. The molecule has 0 aliphatic carbocycles. The summed E-state index contributed by atoms with van der Waals surface area (Å²) in [5.74, 6) is 0.868. The summed E-state index contributed by atoms with van der Waals surface area (Å²) in [6, 6.07) is 13.9. The molecule has 18 heavy (non-hydrogen) atoms. The standard InChI is InChI=1S/C16H18NO/c1-2-3-8-13-18-16-11-5-4-9-14(16)15-10-6-7-12-17-15/h4-7,9-13H,2-3,8H2,1H3. The second kappa shape index (κ2) is 6.80. The summed E-state index contributed by atoms with van der Waals surface area (Å²) >= 11 is 0. The van der Waals surface area contributed by atoms with E-state index >= 15 is 0 Å². The highest BCUT2D eigenvalue weighted by Crippen LogP contribution is 2.28. The van der Waals surface area contributed by atoms with Gasteiger partial charge in [0.25, 0.3) is 0 Å². The highest BCUT2D eigenvalue weighted by atomic mass is 16.5. The lowest BCUT2D eigenvalue weighted by Gasteiger charge is -2.10. The first-order valence-electron chi connectivity index (χ1n) is 6.40. The van der Waals surface area contributed by atoms with Gasteiger partial charge in [0.2, 0.25) is 0 Å². The number of aromatic nitrogens is 1. The van der Waals surface area contributed by atoms with E-state index in [0.717, 1.165) is 29.8 Å². The maximum Gasteiger partial charge on any atom is 0.135 e. The Morgan fingerprint density at radius 3 is 2.72 bits per heavy atom. The number of nitrogens with zero attached hydrogens (tertiary/aromatic N) is 1. The van der Waals surface area contributed by atoms with E-state index < -0.39 is 0 Å². The predicted octanol–water partition coefficient (Wildman–Crippen LogP) is 4.48. The van der Waals surface area contributed by atoms with Crippen LogP contribution in [0.1, 0.15) is 26.2 Å². The summed E-state index contributed by atoms with van der Waals surface area (Å²) in [7, 11) is 0. The number of para-hydroxylation sites is 1. The van der Waals surface area contributed by atoms with Crippen LogP contribution in [-0.4, -0.2) is 4.98 Å². The van der Waals surface area contributed by atoms with Gasteiger partial charge in [-0.2, -0.15) is 0 Å². The van der Waals surface area contributed by atoms with E-state index in [-0.39, 0.29) is 0 Å². The van der Waals surface area contributed by atoms with Crippen molar-refractivity contribution in [3.63, 3.8) is 0 Å². The molecule has 2 heteroatoms. The number of benzene rings is 1. The quantitative estimate of drug-likeness (QED) is 0.694. The van der Waals surface area contributed by atoms with Crippen LogP contribution in [-0.2, 0) is 0 Å². The second-order valence-corrected chi connectivity index (χ2v) is 4.14. The van der Waals surface area contributed by atoms with Crippen LogP contribution < -0.4 is 4.74 Å². The zero-order valence-corrected chi connectivity index (χ0v) is 10.7. The van der Waals surface area contributed by atoms with Gasteiger partial charge in [0.15, 0.2) is 0 Å². The summed E-state index contributed by atoms with van der Waals surface area (Å²) < 4.78 is 5.73. The maximum atomic E-state index is 5.73. The van der Waals surface area contributed by atoms with Crippen molar-refractivity contribution in [3.05, 3.63) is 55.3 Å². The molecule has 0 unspecified atom stereocenters. The Labute approximate surface area is 109 Å². The minimum Gasteiger partial charge on any atom is -0.486 e. The van der Waals surface area contributed by atoms with Crippen LogP contribution in [0.15, 0.2) is 48.7 Å². The molecule has 0 fully saturated rings. The van der Waals surface area contributed by atoms with Crippen LogP contribution in [0.3, 0.4) is 0 Å². The Kier molecular flexibility index (Phi) is 4.77. The average molecular weight is 240 g/mol. The van der Waals surface area contributed by atoms with Gasteiger partial charge < -0.3 is 4.74 Å². The van der Waals surface area contributed by atoms with Crippen LogP contribution in [0, 0.1) is 6.61 Å². The minimum atomic E-state index is 0.868. The highest BCUT2D eigenvalue weighted by Gasteiger charge is 2.06. The van der Waals surface area contributed by atoms with Crippen LogP contribution >= 0.6 is 0 Å². The molecule has 0 spiro atoms. The molecule has 0 saturated carbocycles. The molecule has 2 rings (SSSR count). The zero-order valence-electron chi connectivity index (χ0n) is 10.7. The van der Waals surface area contributed by atoms with Gasteiger partial charge in [-0.05, 0) is 37.1 Å². The third-order valence-corrected chi connectivity index (χ3v) is 2.71. The Hall–Kier alpha value is -1.83. The van der Waals surface area contributed by atoms with E-state index in [1.165, 1.54) is 6.42 Å². The third-order valence-electron chi connectivity index (χ3n) is 2.71. The molecule has 1 aromatic carbocycles. The predicted molar refractivity (Wildman–Crippen MR) is 74.1 cm³/mol. The number of unbranched alkanes of at least 4 members (excludes halogenated alkanes) is 2. The summed E-state index contributed by atoms with van der Waals surface area (Å²) in [5, 5.41) is 0. The van der Waals surface area contributed by atoms with Gasteiger partial charge >= 0.3 is 0 Å². The van der Waals surface area contributed by atoms with Gasteiger partial charge in [0.05, 0.1) is 5.69 Å². The molecule has 1 radical (unpaired) electrons. The van der Waals surface area contributed by atoms with Gasteiger partial charge in [-0.15, -0.1) is 0 Å². The summed E-state index contributed by atoms with van der Waals surface area (Å²) in [5.41, 5.74) is 1.97. The number of rotatable bonds is 6. The third kappa shape index (κ3) is 3.33. The maximum absolute atomic E-state index is 5.73. The number of ether oxygens (including phenoxy) is 1. The van der Waals surface area contributed by atoms with Crippen molar-refractivity contribution in [1.29, 1.82) is 0 Å². The summed E-state index contributed by atoms with van der Waals surface area (Å²) in [4.78, 5) is 4.36. The lowest BCUT2D eigenvalue weighted by atomic mass is 10.1. The highest BCUT2D eigenvalue weighted by molar-refractivity contribution is 5.66. The molecule has 0 aliphatic rings. The van der Waals surface area contributed by atoms with Crippen LogP contribution in [0.25, 0.3) is 11.3 Å². The van der Waals surface area contributed by atoms with Crippen LogP contribution in [0.4, 0.5) is 0 Å². The number of hydrogen-bond acceptors (Lipinski definition) is 2. The van der Waals surface area contributed by atoms with Crippen molar-refractivity contribution in [2.24, 2.45) is 0 Å². The first kappa shape index (κ1) is 12.6. The fraction of sp³-hybridized carbons (Fsp3) is 0.250. The Morgan fingerprint density at radius 1 is 1.11 bits per heavy atom. The van der Waals surface area contributed by atoms with Crippen molar-refractivity contribution in [2.75, 3.05) is 0 Å². The van der Waals surface area contributed by atoms with Crippen molar-refractivity contribution in [3.8, 4) is 17.0 Å². The van der Waals surface area contributed by atoms with E-state index in [1.54, 1.807) is 6.20 Å². The minimum absolute atomic E-state index is 0.868. The monoisotopic (exact) mass is 240 g/mol. The van der Waals surface area contributed by atoms with E-state index in [1.807, 2.05) is 49.1 Å². The Bertz CT molecular complexity index is 468. The first-order valence-corrected chi connectivity index (χ1v) is 6.40. The molecule has 1 aromatic heterocycles. The average Bonchev–Trinajstić information content (AvgIpc) is 2.45. The fourth-order valence-electron chi connectivity index (χ4n) is 1.74. The van der Waals surface area contributed by atoms with Gasteiger partial charge in [-0.1, -0.05) is 31.5 Å². The molecule has 0 N–H and O–H groups in total. The van der Waals surface area contributed by atoms with Gasteiger partial charge in [-0.3, -0.25) is 4.98 Å². The van der Waals surface area contributed by atoms with Gasteiger partial charge in [0.1, 0.15) is 12.4 Å². The topological polar surface area (TPSA) is 22.1 Å². The smallest absolute Gasteiger partial charge is 0.135 e. The molecule has 0 bridgehead atoms. The van der Waals surface area contributed by atoms with Crippen molar-refractivity contribution < 1.29 is 4.74 Å². The lowest BCUT2D eigenvalue weighted by Crippen LogP contribution is -1.93. The van der Waals surface area contributed by atoms with Crippen LogP contribution in [0.2, 0.25) is 0 Å². The number of pyridine rings is 1. The van der Waals surface area contributed by atoms with E-state index in [2.05, 4.69) is 11.9 Å². The molecule has 1 heterocycles. The molecule has 2 aromatic rings. The molecule has 0 aliphatic heterocycles. The fourth-order valence-corrected chi connectivity index (χ4v) is 1.74. The first-order chi connectivity index (χ1) is 8.92. The van der Waals surface area contributed by atoms with E-state index in [9.17, 15) is 0 Å². The summed E-state index contributed by atoms with van der Waals surface area (Å²) in [6.45, 7) is 4.06. The zero-order chi connectivity index (χ0) is 12.6. The van der Waals surface area contributed by atoms with E-state index in [4.69, 9.17) is 4.74 Å². The largest absolute Gasteiger partial charge is 0.486 e. The molecule has 2 nitrogen and oxygen atoms in total. The second-order valence-electron chi connectivity index (χ2n) is 4.14. The van der Waals surface area contributed by atoms with Crippen molar-refractivity contribution >= 4 is 0 Å². The molecular formula is C16H18NO. The number of hydrogen-bond donors (Lipinski definition) is 0. The molecule has 0 amide bonds. The molecule has 0 saturated heterocycles. The molecule has 93 valence electrons. The van der Waals surface area contributed by atoms with Gasteiger partial charge in [0, 0.05) is 11.8 Å². The SMILES string of the molecule is CCCC[CH]Oc1ccccc1-c1ccccn1. The lowest BCUT2D eigenvalue weighted by molar-refractivity contribution is 0.387. The van der Waals surface area contributed by atoms with Gasteiger partial charge in [-0.25, -0.2) is 0 Å². The summed E-state index contributed by atoms with van der Waals surface area (Å²) in [6.07, 6.45) is 5.12.